The Morgan fingerprint density at radius 2 is 1.74 bits per heavy atom. The molecule has 144 valence electrons. The second kappa shape index (κ2) is 8.13. The fraction of sp³-hybridized carbons (Fsp3) is 0.435. The summed E-state index contributed by atoms with van der Waals surface area (Å²) in [6, 6.07) is 15.2. The Hall–Kier alpha value is -2.33. The number of aryl methyl sites for hydroxylation is 1. The van der Waals surface area contributed by atoms with Crippen molar-refractivity contribution in [1.29, 1.82) is 0 Å². The average molecular weight is 367 g/mol. The lowest BCUT2D eigenvalue weighted by Crippen LogP contribution is -2.40. The van der Waals surface area contributed by atoms with E-state index in [1.807, 2.05) is 74.2 Å². The van der Waals surface area contributed by atoms with Crippen LogP contribution in [0.2, 0.25) is 0 Å². The van der Waals surface area contributed by atoms with Crippen molar-refractivity contribution in [1.82, 2.24) is 4.90 Å². The van der Waals surface area contributed by atoms with Gasteiger partial charge in [0.2, 0.25) is 0 Å². The van der Waals surface area contributed by atoms with Gasteiger partial charge in [0.15, 0.2) is 0 Å². The third kappa shape index (κ3) is 5.33. The molecule has 1 N–H and O–H groups in total. The van der Waals surface area contributed by atoms with Crippen molar-refractivity contribution in [2.75, 3.05) is 13.1 Å². The van der Waals surface area contributed by atoms with Crippen molar-refractivity contribution in [2.24, 2.45) is 5.92 Å². The first kappa shape index (κ1) is 19.4. The first-order valence-corrected chi connectivity index (χ1v) is 9.67. The first-order valence-electron chi connectivity index (χ1n) is 9.67. The highest BCUT2D eigenvalue weighted by atomic mass is 16.5. The monoisotopic (exact) mass is 367 g/mol. The first-order chi connectivity index (χ1) is 12.8. The molecule has 0 unspecified atom stereocenters. The molecule has 1 aliphatic heterocycles. The van der Waals surface area contributed by atoms with Crippen molar-refractivity contribution in [3.05, 3.63) is 59.7 Å². The zero-order valence-electron chi connectivity index (χ0n) is 16.4. The minimum atomic E-state index is -0.635. The van der Waals surface area contributed by atoms with Gasteiger partial charge in [0.05, 0.1) is 5.60 Å². The lowest BCUT2D eigenvalue weighted by atomic mass is 9.86. The van der Waals surface area contributed by atoms with Crippen LogP contribution >= 0.6 is 0 Å². The quantitative estimate of drug-likeness (QED) is 0.826. The predicted octanol–water partition coefficient (Wildman–Crippen LogP) is 4.80. The second-order valence-electron chi connectivity index (χ2n) is 8.14. The van der Waals surface area contributed by atoms with Gasteiger partial charge < -0.3 is 14.7 Å². The number of carbonyl (C=O) groups is 1. The Morgan fingerprint density at radius 1 is 1.11 bits per heavy atom. The van der Waals surface area contributed by atoms with Gasteiger partial charge in [-0.25, -0.2) is 0 Å². The van der Waals surface area contributed by atoms with E-state index in [2.05, 4.69) is 0 Å². The minimum absolute atomic E-state index is 0.0687. The molecule has 0 aliphatic carbocycles. The highest BCUT2D eigenvalue weighted by Crippen LogP contribution is 2.28. The Balaban J connectivity index is 1.57. The number of ether oxygens (including phenoxy) is 1. The van der Waals surface area contributed by atoms with Gasteiger partial charge in [0, 0.05) is 18.7 Å². The number of amides is 1. The van der Waals surface area contributed by atoms with Crippen LogP contribution in [0.1, 0.15) is 49.0 Å². The molecule has 4 nitrogen and oxygen atoms in total. The summed E-state index contributed by atoms with van der Waals surface area (Å²) < 4.78 is 5.90. The molecule has 1 saturated heterocycles. The lowest BCUT2D eigenvalue weighted by molar-refractivity contribution is 0.0358. The lowest BCUT2D eigenvalue weighted by Gasteiger charge is -2.34. The summed E-state index contributed by atoms with van der Waals surface area (Å²) in [5.74, 6) is 2.10. The number of para-hydroxylation sites is 1. The second-order valence-corrected chi connectivity index (χ2v) is 8.14. The van der Waals surface area contributed by atoms with Crippen molar-refractivity contribution < 1.29 is 14.6 Å². The van der Waals surface area contributed by atoms with Gasteiger partial charge in [-0.2, -0.15) is 0 Å². The normalized spacial score (nSPS) is 15.6. The summed E-state index contributed by atoms with van der Waals surface area (Å²) in [5, 5.41) is 9.98. The van der Waals surface area contributed by atoms with E-state index in [0.29, 0.717) is 11.5 Å². The highest BCUT2D eigenvalue weighted by molar-refractivity contribution is 5.94. The third-order valence-corrected chi connectivity index (χ3v) is 5.11. The number of nitrogens with zero attached hydrogens (tertiary/aromatic N) is 1. The van der Waals surface area contributed by atoms with Crippen LogP contribution < -0.4 is 4.74 Å². The maximum absolute atomic E-state index is 12.8. The zero-order valence-corrected chi connectivity index (χ0v) is 16.4. The Kier molecular flexibility index (Phi) is 5.85. The van der Waals surface area contributed by atoms with Crippen LogP contribution in [0.15, 0.2) is 48.5 Å². The van der Waals surface area contributed by atoms with Gasteiger partial charge in [-0.05, 0) is 81.8 Å². The van der Waals surface area contributed by atoms with E-state index in [1.54, 1.807) is 0 Å². The zero-order chi connectivity index (χ0) is 19.4. The summed E-state index contributed by atoms with van der Waals surface area (Å²) in [6.07, 6.45) is 2.69. The Morgan fingerprint density at radius 3 is 2.33 bits per heavy atom. The minimum Gasteiger partial charge on any atom is -0.457 e. The van der Waals surface area contributed by atoms with E-state index in [1.165, 1.54) is 0 Å². The summed E-state index contributed by atoms with van der Waals surface area (Å²) >= 11 is 0. The Bertz CT molecular complexity index is 769. The van der Waals surface area contributed by atoms with Crippen molar-refractivity contribution in [2.45, 2.75) is 45.6 Å². The van der Waals surface area contributed by atoms with Crippen LogP contribution in [0.4, 0.5) is 0 Å². The number of rotatable bonds is 5. The van der Waals surface area contributed by atoms with Gasteiger partial charge in [-0.3, -0.25) is 4.79 Å². The summed E-state index contributed by atoms with van der Waals surface area (Å²) in [4.78, 5) is 14.7. The molecule has 1 aliphatic rings. The number of aliphatic hydroxyl groups is 1. The molecule has 2 aromatic rings. The van der Waals surface area contributed by atoms with Gasteiger partial charge in [0.25, 0.3) is 5.91 Å². The SMILES string of the molecule is Cc1ccccc1Oc1ccc(C(=O)N2CCC(CC(C)(C)O)CC2)cc1. The maximum atomic E-state index is 12.8. The topological polar surface area (TPSA) is 49.8 Å². The molecule has 0 atom stereocenters. The van der Waals surface area contributed by atoms with Crippen molar-refractivity contribution in [3.8, 4) is 11.5 Å². The highest BCUT2D eigenvalue weighted by Gasteiger charge is 2.27. The average Bonchev–Trinajstić information content (AvgIpc) is 2.63. The number of piperidine rings is 1. The molecule has 0 spiro atoms. The summed E-state index contributed by atoms with van der Waals surface area (Å²) in [7, 11) is 0. The summed E-state index contributed by atoms with van der Waals surface area (Å²) in [5.41, 5.74) is 1.13. The molecule has 0 saturated carbocycles. The van der Waals surface area contributed by atoms with E-state index in [0.717, 1.165) is 49.4 Å². The van der Waals surface area contributed by atoms with Gasteiger partial charge in [0.1, 0.15) is 11.5 Å². The maximum Gasteiger partial charge on any atom is 0.253 e. The molecule has 3 rings (SSSR count). The van der Waals surface area contributed by atoms with Crippen molar-refractivity contribution >= 4 is 5.91 Å². The Labute approximate surface area is 161 Å². The van der Waals surface area contributed by atoms with Gasteiger partial charge in [-0.1, -0.05) is 18.2 Å². The smallest absolute Gasteiger partial charge is 0.253 e. The van der Waals surface area contributed by atoms with Crippen LogP contribution in [-0.2, 0) is 0 Å². The number of likely N-dealkylation sites (tertiary alicyclic amines) is 1. The van der Waals surface area contributed by atoms with E-state index < -0.39 is 5.60 Å². The van der Waals surface area contributed by atoms with Crippen LogP contribution in [0.25, 0.3) is 0 Å². The van der Waals surface area contributed by atoms with Crippen LogP contribution in [0.5, 0.6) is 11.5 Å². The molecule has 1 amide bonds. The molecule has 1 fully saturated rings. The van der Waals surface area contributed by atoms with Crippen molar-refractivity contribution in [3.63, 3.8) is 0 Å². The van der Waals surface area contributed by atoms with Crippen LogP contribution in [-0.4, -0.2) is 34.6 Å². The number of benzene rings is 2. The molecule has 27 heavy (non-hydrogen) atoms. The predicted molar refractivity (Wildman–Crippen MR) is 107 cm³/mol. The van der Waals surface area contributed by atoms with Crippen LogP contribution in [0.3, 0.4) is 0 Å². The largest absolute Gasteiger partial charge is 0.457 e. The molecular formula is C23H29NO3. The summed E-state index contributed by atoms with van der Waals surface area (Å²) in [6.45, 7) is 7.22. The third-order valence-electron chi connectivity index (χ3n) is 5.11. The molecule has 0 radical (unpaired) electrons. The fourth-order valence-corrected chi connectivity index (χ4v) is 3.69. The number of hydrogen-bond donors (Lipinski definition) is 1. The molecule has 1 heterocycles. The molecule has 4 heteroatoms. The van der Waals surface area contributed by atoms with E-state index in [9.17, 15) is 9.90 Å². The van der Waals surface area contributed by atoms with E-state index >= 15 is 0 Å². The van der Waals surface area contributed by atoms with E-state index in [-0.39, 0.29) is 5.91 Å². The van der Waals surface area contributed by atoms with Crippen LogP contribution in [0, 0.1) is 12.8 Å². The van der Waals surface area contributed by atoms with Gasteiger partial charge in [-0.15, -0.1) is 0 Å². The molecular weight excluding hydrogens is 338 g/mol. The number of hydrogen-bond acceptors (Lipinski definition) is 3. The molecule has 0 aromatic heterocycles. The van der Waals surface area contributed by atoms with E-state index in [4.69, 9.17) is 4.74 Å². The fourth-order valence-electron chi connectivity index (χ4n) is 3.69. The molecule has 0 bridgehead atoms. The standard InChI is InChI=1S/C23H29NO3/c1-17-6-4-5-7-21(17)27-20-10-8-19(9-11-20)22(25)24-14-12-18(13-15-24)16-23(2,3)26/h4-11,18,26H,12-16H2,1-3H3. The van der Waals surface area contributed by atoms with Gasteiger partial charge >= 0.3 is 0 Å². The number of carbonyl (C=O) groups excluding carboxylic acids is 1. The molecule has 2 aromatic carbocycles.